The number of halogens is 1. The van der Waals surface area contributed by atoms with E-state index in [9.17, 15) is 9.59 Å². The lowest BCUT2D eigenvalue weighted by Crippen LogP contribution is -2.44. The molecule has 140 valence electrons. The van der Waals surface area contributed by atoms with Crippen LogP contribution in [0, 0.1) is 5.92 Å². The number of amides is 2. The van der Waals surface area contributed by atoms with Crippen molar-refractivity contribution in [3.05, 3.63) is 53.1 Å². The van der Waals surface area contributed by atoms with Crippen LogP contribution in [-0.4, -0.2) is 36.6 Å². The third-order valence-corrected chi connectivity index (χ3v) is 5.05. The molecule has 0 aromatic heterocycles. The Morgan fingerprint density at radius 3 is 2.81 bits per heavy atom. The highest BCUT2D eigenvalue weighted by Gasteiger charge is 2.29. The SMILES string of the molecule is O=C(c1cccc(Cl)c1)[C@@H]1CCCN(C(=O)Nc2ccc3c(c2)OCO3)C1. The number of carbonyl (C=O) groups excluding carboxylic acids is 2. The Labute approximate surface area is 162 Å². The molecular formula is C20H19ClN2O4. The number of benzene rings is 2. The molecule has 0 radical (unpaired) electrons. The first-order chi connectivity index (χ1) is 13.1. The smallest absolute Gasteiger partial charge is 0.321 e. The number of hydrogen-bond donors (Lipinski definition) is 1. The minimum atomic E-state index is -0.225. The number of hydrogen-bond acceptors (Lipinski definition) is 4. The van der Waals surface area contributed by atoms with Gasteiger partial charge in [0.1, 0.15) is 0 Å². The van der Waals surface area contributed by atoms with Gasteiger partial charge in [-0.3, -0.25) is 4.79 Å². The number of likely N-dealkylation sites (tertiary alicyclic amines) is 1. The minimum Gasteiger partial charge on any atom is -0.454 e. The van der Waals surface area contributed by atoms with Gasteiger partial charge in [0, 0.05) is 41.3 Å². The Morgan fingerprint density at radius 2 is 1.96 bits per heavy atom. The second-order valence-electron chi connectivity index (χ2n) is 6.66. The normalized spacial score (nSPS) is 18.3. The van der Waals surface area contributed by atoms with Gasteiger partial charge in [-0.05, 0) is 37.1 Å². The van der Waals surface area contributed by atoms with E-state index in [0.29, 0.717) is 40.9 Å². The molecule has 0 bridgehead atoms. The molecule has 1 atom stereocenters. The number of ketones is 1. The van der Waals surface area contributed by atoms with Crippen LogP contribution in [0.3, 0.4) is 0 Å². The molecule has 2 amide bonds. The van der Waals surface area contributed by atoms with Gasteiger partial charge < -0.3 is 19.7 Å². The highest BCUT2D eigenvalue weighted by Crippen LogP contribution is 2.34. The molecule has 7 heteroatoms. The van der Waals surface area contributed by atoms with Crippen LogP contribution in [0.15, 0.2) is 42.5 Å². The lowest BCUT2D eigenvalue weighted by molar-refractivity contribution is 0.0851. The fraction of sp³-hybridized carbons (Fsp3) is 0.300. The maximum absolute atomic E-state index is 12.8. The first-order valence-corrected chi connectivity index (χ1v) is 9.23. The topological polar surface area (TPSA) is 67.9 Å². The Balaban J connectivity index is 1.41. The van der Waals surface area contributed by atoms with Gasteiger partial charge in [0.2, 0.25) is 6.79 Å². The number of piperidine rings is 1. The number of rotatable bonds is 3. The zero-order chi connectivity index (χ0) is 18.8. The lowest BCUT2D eigenvalue weighted by atomic mass is 9.90. The maximum atomic E-state index is 12.8. The van der Waals surface area contributed by atoms with E-state index in [2.05, 4.69) is 5.32 Å². The number of Topliss-reactive ketones (excluding diaryl/α,β-unsaturated/α-hetero) is 1. The molecule has 0 aliphatic carbocycles. The molecule has 2 heterocycles. The van der Waals surface area contributed by atoms with Crippen LogP contribution < -0.4 is 14.8 Å². The summed E-state index contributed by atoms with van der Waals surface area (Å²) >= 11 is 5.99. The summed E-state index contributed by atoms with van der Waals surface area (Å²) in [5.41, 5.74) is 1.22. The molecule has 2 aromatic carbocycles. The fourth-order valence-corrected chi connectivity index (χ4v) is 3.62. The van der Waals surface area contributed by atoms with Crippen molar-refractivity contribution in [2.45, 2.75) is 12.8 Å². The molecule has 2 aromatic rings. The van der Waals surface area contributed by atoms with Crippen molar-refractivity contribution in [3.8, 4) is 11.5 Å². The lowest BCUT2D eigenvalue weighted by Gasteiger charge is -2.32. The van der Waals surface area contributed by atoms with Crippen molar-refractivity contribution in [1.29, 1.82) is 0 Å². The number of fused-ring (bicyclic) bond motifs is 1. The third kappa shape index (κ3) is 3.85. The number of nitrogens with zero attached hydrogens (tertiary/aromatic N) is 1. The Morgan fingerprint density at radius 1 is 1.11 bits per heavy atom. The van der Waals surface area contributed by atoms with Crippen LogP contribution in [0.1, 0.15) is 23.2 Å². The van der Waals surface area contributed by atoms with E-state index in [-0.39, 0.29) is 24.5 Å². The zero-order valence-corrected chi connectivity index (χ0v) is 15.4. The van der Waals surface area contributed by atoms with E-state index in [1.165, 1.54) is 0 Å². The molecular weight excluding hydrogens is 368 g/mol. The maximum Gasteiger partial charge on any atom is 0.321 e. The zero-order valence-electron chi connectivity index (χ0n) is 14.6. The Kier molecular flexibility index (Phi) is 4.90. The minimum absolute atomic E-state index is 0.0260. The van der Waals surface area contributed by atoms with Gasteiger partial charge in [-0.25, -0.2) is 4.79 Å². The van der Waals surface area contributed by atoms with Gasteiger partial charge >= 0.3 is 6.03 Å². The highest BCUT2D eigenvalue weighted by molar-refractivity contribution is 6.31. The first kappa shape index (κ1) is 17.7. The van der Waals surface area contributed by atoms with Gasteiger partial charge in [0.15, 0.2) is 17.3 Å². The summed E-state index contributed by atoms with van der Waals surface area (Å²) in [6.45, 7) is 1.20. The van der Waals surface area contributed by atoms with E-state index in [4.69, 9.17) is 21.1 Å². The van der Waals surface area contributed by atoms with Gasteiger partial charge in [-0.2, -0.15) is 0 Å². The molecule has 1 N–H and O–H groups in total. The van der Waals surface area contributed by atoms with Crippen molar-refractivity contribution in [2.24, 2.45) is 5.92 Å². The predicted molar refractivity (Wildman–Crippen MR) is 102 cm³/mol. The van der Waals surface area contributed by atoms with Crippen molar-refractivity contribution in [3.63, 3.8) is 0 Å². The summed E-state index contributed by atoms with van der Waals surface area (Å²) in [7, 11) is 0. The summed E-state index contributed by atoms with van der Waals surface area (Å²) < 4.78 is 10.6. The van der Waals surface area contributed by atoms with Crippen LogP contribution in [0.25, 0.3) is 0 Å². The van der Waals surface area contributed by atoms with Gasteiger partial charge in [-0.15, -0.1) is 0 Å². The molecule has 1 fully saturated rings. The largest absolute Gasteiger partial charge is 0.454 e. The van der Waals surface area contributed by atoms with Crippen molar-refractivity contribution in [1.82, 2.24) is 4.90 Å². The standard InChI is InChI=1S/C20H19ClN2O4/c21-15-5-1-3-13(9-15)19(24)14-4-2-8-23(11-14)20(25)22-16-6-7-17-18(10-16)27-12-26-17/h1,3,5-7,9-10,14H,2,4,8,11-12H2,(H,22,25)/t14-/m1/s1. The summed E-state index contributed by atoms with van der Waals surface area (Å²) in [5.74, 6) is 1.08. The molecule has 0 saturated carbocycles. The molecule has 27 heavy (non-hydrogen) atoms. The van der Waals surface area contributed by atoms with Crippen molar-refractivity contribution in [2.75, 3.05) is 25.2 Å². The average molecular weight is 387 g/mol. The molecule has 4 rings (SSSR count). The van der Waals surface area contributed by atoms with Gasteiger partial charge in [-0.1, -0.05) is 23.7 Å². The summed E-state index contributed by atoms with van der Waals surface area (Å²) in [5, 5.41) is 3.40. The van der Waals surface area contributed by atoms with E-state index in [1.54, 1.807) is 47.4 Å². The van der Waals surface area contributed by atoms with Gasteiger partial charge in [0.25, 0.3) is 0 Å². The molecule has 2 aliphatic heterocycles. The molecule has 6 nitrogen and oxygen atoms in total. The van der Waals surface area contributed by atoms with Crippen LogP contribution in [0.2, 0.25) is 5.02 Å². The first-order valence-electron chi connectivity index (χ1n) is 8.85. The summed E-state index contributed by atoms with van der Waals surface area (Å²) in [6.07, 6.45) is 1.55. The van der Waals surface area contributed by atoms with Crippen LogP contribution in [-0.2, 0) is 0 Å². The van der Waals surface area contributed by atoms with Crippen LogP contribution in [0.4, 0.5) is 10.5 Å². The van der Waals surface area contributed by atoms with E-state index < -0.39 is 0 Å². The Bertz CT molecular complexity index is 886. The predicted octanol–water partition coefficient (Wildman–Crippen LogP) is 4.20. The number of carbonyl (C=O) groups is 2. The fourth-order valence-electron chi connectivity index (χ4n) is 3.43. The quantitative estimate of drug-likeness (QED) is 0.803. The molecule has 0 unspecified atom stereocenters. The van der Waals surface area contributed by atoms with Gasteiger partial charge in [0.05, 0.1) is 0 Å². The monoisotopic (exact) mass is 386 g/mol. The third-order valence-electron chi connectivity index (χ3n) is 4.81. The summed E-state index contributed by atoms with van der Waals surface area (Å²) in [4.78, 5) is 27.1. The summed E-state index contributed by atoms with van der Waals surface area (Å²) in [6, 6.07) is 12.0. The second-order valence-corrected chi connectivity index (χ2v) is 7.09. The number of urea groups is 1. The molecule has 1 saturated heterocycles. The van der Waals surface area contributed by atoms with Crippen molar-refractivity contribution < 1.29 is 19.1 Å². The average Bonchev–Trinajstić information content (AvgIpc) is 3.15. The van der Waals surface area contributed by atoms with E-state index >= 15 is 0 Å². The van der Waals surface area contributed by atoms with E-state index in [1.807, 2.05) is 0 Å². The van der Waals surface area contributed by atoms with Crippen molar-refractivity contribution >= 4 is 29.1 Å². The number of anilines is 1. The Hall–Kier alpha value is -2.73. The van der Waals surface area contributed by atoms with E-state index in [0.717, 1.165) is 12.8 Å². The van der Waals surface area contributed by atoms with Crippen LogP contribution >= 0.6 is 11.6 Å². The molecule has 2 aliphatic rings. The highest BCUT2D eigenvalue weighted by atomic mass is 35.5. The number of ether oxygens (including phenoxy) is 2. The second kappa shape index (κ2) is 7.48. The van der Waals surface area contributed by atoms with Crippen LogP contribution in [0.5, 0.6) is 11.5 Å². The number of nitrogens with one attached hydrogen (secondary N) is 1. The molecule has 0 spiro atoms.